The summed E-state index contributed by atoms with van der Waals surface area (Å²) in [5.41, 5.74) is 1.08. The smallest absolute Gasteiger partial charge is 0.406 e. The molecule has 2 rings (SSSR count). The quantitative estimate of drug-likeness (QED) is 0.497. The van der Waals surface area contributed by atoms with Gasteiger partial charge >= 0.3 is 6.36 Å². The SMILES string of the molecule is CCC(CCC(C)c1ccc(OC(F)(F)F)cc1)C1CCC(C)CC1. The Kier molecular flexibility index (Phi) is 7.21. The van der Waals surface area contributed by atoms with Gasteiger partial charge in [0.05, 0.1) is 0 Å². The fourth-order valence-corrected chi connectivity index (χ4v) is 4.16. The van der Waals surface area contributed by atoms with Crippen molar-refractivity contribution >= 4 is 0 Å². The molecule has 1 aliphatic carbocycles. The van der Waals surface area contributed by atoms with Crippen LogP contribution in [0, 0.1) is 17.8 Å². The van der Waals surface area contributed by atoms with Gasteiger partial charge in [0.1, 0.15) is 5.75 Å². The first-order chi connectivity index (χ1) is 11.8. The van der Waals surface area contributed by atoms with E-state index >= 15 is 0 Å². The van der Waals surface area contributed by atoms with Crippen LogP contribution in [0.4, 0.5) is 13.2 Å². The van der Waals surface area contributed by atoms with Crippen molar-refractivity contribution in [1.29, 1.82) is 0 Å². The lowest BCUT2D eigenvalue weighted by molar-refractivity contribution is -0.274. The first kappa shape index (κ1) is 20.1. The Balaban J connectivity index is 1.85. The number of ether oxygens (including phenoxy) is 1. The fourth-order valence-electron chi connectivity index (χ4n) is 4.16. The molecule has 2 atom stereocenters. The molecule has 0 aliphatic heterocycles. The number of rotatable bonds is 7. The van der Waals surface area contributed by atoms with Crippen LogP contribution >= 0.6 is 0 Å². The highest BCUT2D eigenvalue weighted by molar-refractivity contribution is 5.29. The molecule has 1 aromatic rings. The number of benzene rings is 1. The van der Waals surface area contributed by atoms with Crippen molar-refractivity contribution in [1.82, 2.24) is 0 Å². The maximum Gasteiger partial charge on any atom is 0.573 e. The van der Waals surface area contributed by atoms with Gasteiger partial charge in [-0.15, -0.1) is 13.2 Å². The highest BCUT2D eigenvalue weighted by Crippen LogP contribution is 2.38. The van der Waals surface area contributed by atoms with Crippen LogP contribution in [0.1, 0.15) is 77.2 Å². The van der Waals surface area contributed by atoms with E-state index in [1.165, 1.54) is 50.7 Å². The van der Waals surface area contributed by atoms with Crippen molar-refractivity contribution in [2.45, 2.75) is 78.0 Å². The Morgan fingerprint density at radius 3 is 2.16 bits per heavy atom. The van der Waals surface area contributed by atoms with Crippen molar-refractivity contribution in [3.05, 3.63) is 29.8 Å². The monoisotopic (exact) mass is 356 g/mol. The molecule has 0 amide bonds. The minimum Gasteiger partial charge on any atom is -0.406 e. The molecule has 0 heterocycles. The van der Waals surface area contributed by atoms with Gasteiger partial charge in [-0.3, -0.25) is 0 Å². The molecule has 1 nitrogen and oxygen atoms in total. The number of halogens is 3. The van der Waals surface area contributed by atoms with Crippen molar-refractivity contribution in [3.63, 3.8) is 0 Å². The standard InChI is InChI=1S/C21H31F3O/c1-4-17(19-8-5-15(2)6-9-19)10-7-16(3)18-11-13-20(14-12-18)25-21(22,23)24/h11-17,19H,4-10H2,1-3H3. The summed E-state index contributed by atoms with van der Waals surface area (Å²) in [6.07, 6.45) is 4.33. The van der Waals surface area contributed by atoms with E-state index in [1.54, 1.807) is 12.1 Å². The van der Waals surface area contributed by atoms with Crippen LogP contribution in [-0.2, 0) is 0 Å². The Morgan fingerprint density at radius 2 is 1.64 bits per heavy atom. The van der Waals surface area contributed by atoms with E-state index in [-0.39, 0.29) is 5.75 Å². The molecule has 1 saturated carbocycles. The zero-order valence-electron chi connectivity index (χ0n) is 15.6. The molecule has 0 spiro atoms. The summed E-state index contributed by atoms with van der Waals surface area (Å²) in [4.78, 5) is 0. The van der Waals surface area contributed by atoms with Crippen LogP contribution in [0.5, 0.6) is 5.75 Å². The van der Waals surface area contributed by atoms with E-state index in [2.05, 4.69) is 25.5 Å². The molecule has 0 N–H and O–H groups in total. The molecule has 1 aromatic carbocycles. The summed E-state index contributed by atoms with van der Waals surface area (Å²) in [6.45, 7) is 6.80. The maximum absolute atomic E-state index is 12.2. The molecule has 0 bridgehead atoms. The molecule has 1 fully saturated rings. The average Bonchev–Trinajstić information content (AvgIpc) is 2.56. The molecule has 1 aliphatic rings. The third-order valence-electron chi connectivity index (χ3n) is 5.90. The Morgan fingerprint density at radius 1 is 1.04 bits per heavy atom. The van der Waals surface area contributed by atoms with E-state index < -0.39 is 6.36 Å². The van der Waals surface area contributed by atoms with Crippen molar-refractivity contribution in [2.75, 3.05) is 0 Å². The summed E-state index contributed by atoms with van der Waals surface area (Å²) in [6, 6.07) is 6.35. The van der Waals surface area contributed by atoms with Gasteiger partial charge in [-0.25, -0.2) is 0 Å². The third-order valence-corrected chi connectivity index (χ3v) is 5.90. The zero-order chi connectivity index (χ0) is 18.4. The van der Waals surface area contributed by atoms with Gasteiger partial charge in [0, 0.05) is 0 Å². The summed E-state index contributed by atoms with van der Waals surface area (Å²) in [5, 5.41) is 0. The van der Waals surface area contributed by atoms with Crippen molar-refractivity contribution in [3.8, 4) is 5.75 Å². The molecular weight excluding hydrogens is 325 g/mol. The van der Waals surface area contributed by atoms with Gasteiger partial charge in [-0.05, 0) is 67.1 Å². The van der Waals surface area contributed by atoms with Gasteiger partial charge in [-0.1, -0.05) is 52.2 Å². The second-order valence-electron chi connectivity index (χ2n) is 7.78. The Hall–Kier alpha value is -1.19. The topological polar surface area (TPSA) is 9.23 Å². The highest BCUT2D eigenvalue weighted by atomic mass is 19.4. The Labute approximate surface area is 150 Å². The van der Waals surface area contributed by atoms with Crippen LogP contribution in [0.3, 0.4) is 0 Å². The van der Waals surface area contributed by atoms with Crippen molar-refractivity contribution in [2.24, 2.45) is 17.8 Å². The molecule has 25 heavy (non-hydrogen) atoms. The van der Waals surface area contributed by atoms with Gasteiger partial charge in [0.2, 0.25) is 0 Å². The van der Waals surface area contributed by atoms with Gasteiger partial charge < -0.3 is 4.74 Å². The van der Waals surface area contributed by atoms with Gasteiger partial charge in [0.25, 0.3) is 0 Å². The van der Waals surface area contributed by atoms with E-state index in [1.807, 2.05) is 0 Å². The van der Waals surface area contributed by atoms with Crippen LogP contribution in [0.2, 0.25) is 0 Å². The second-order valence-corrected chi connectivity index (χ2v) is 7.78. The van der Waals surface area contributed by atoms with Crippen LogP contribution in [-0.4, -0.2) is 6.36 Å². The lowest BCUT2D eigenvalue weighted by atomic mass is 9.73. The third kappa shape index (κ3) is 6.56. The van der Waals surface area contributed by atoms with E-state index in [4.69, 9.17) is 0 Å². The normalized spacial score (nSPS) is 23.9. The average molecular weight is 356 g/mol. The minimum absolute atomic E-state index is 0.147. The molecule has 0 radical (unpaired) electrons. The van der Waals surface area contributed by atoms with E-state index in [0.717, 1.165) is 29.7 Å². The lowest BCUT2D eigenvalue weighted by Gasteiger charge is -2.33. The van der Waals surface area contributed by atoms with Crippen molar-refractivity contribution < 1.29 is 17.9 Å². The van der Waals surface area contributed by atoms with Gasteiger partial charge in [-0.2, -0.15) is 0 Å². The van der Waals surface area contributed by atoms with E-state index in [0.29, 0.717) is 5.92 Å². The summed E-state index contributed by atoms with van der Waals surface area (Å²) in [7, 11) is 0. The number of alkyl halides is 3. The second kappa shape index (κ2) is 8.95. The molecular formula is C21H31F3O. The fraction of sp³-hybridized carbons (Fsp3) is 0.714. The molecule has 142 valence electrons. The predicted molar refractivity (Wildman–Crippen MR) is 95.7 cm³/mol. The van der Waals surface area contributed by atoms with E-state index in [9.17, 15) is 13.2 Å². The molecule has 0 aromatic heterocycles. The molecule has 0 saturated heterocycles. The molecule has 2 unspecified atom stereocenters. The van der Waals surface area contributed by atoms with Crippen LogP contribution in [0.15, 0.2) is 24.3 Å². The summed E-state index contributed by atoms with van der Waals surface area (Å²) < 4.78 is 40.6. The predicted octanol–water partition coefficient (Wildman–Crippen LogP) is 7.32. The zero-order valence-corrected chi connectivity index (χ0v) is 15.6. The largest absolute Gasteiger partial charge is 0.573 e. The van der Waals surface area contributed by atoms with Gasteiger partial charge in [0.15, 0.2) is 0 Å². The number of hydrogen-bond donors (Lipinski definition) is 0. The lowest BCUT2D eigenvalue weighted by Crippen LogP contribution is -2.21. The maximum atomic E-state index is 12.2. The molecule has 4 heteroatoms. The summed E-state index contributed by atoms with van der Waals surface area (Å²) in [5.74, 6) is 2.73. The minimum atomic E-state index is -4.63. The highest BCUT2D eigenvalue weighted by Gasteiger charge is 2.31. The number of hydrogen-bond acceptors (Lipinski definition) is 1. The first-order valence-electron chi connectivity index (χ1n) is 9.64. The first-order valence-corrected chi connectivity index (χ1v) is 9.64. The van der Waals surface area contributed by atoms with Crippen LogP contribution < -0.4 is 4.74 Å². The Bertz CT molecular complexity index is 501. The van der Waals surface area contributed by atoms with Crippen LogP contribution in [0.25, 0.3) is 0 Å². The summed E-state index contributed by atoms with van der Waals surface area (Å²) >= 11 is 0.